The minimum Gasteiger partial charge on any atom is -0.379 e. The molecule has 2 heterocycles. The van der Waals surface area contributed by atoms with Crippen molar-refractivity contribution in [2.45, 2.75) is 12.0 Å². The maximum atomic E-state index is 14.6. The molecular weight excluding hydrogens is 351 g/mol. The smallest absolute Gasteiger partial charge is 0.257 e. The molecule has 2 atom stereocenters. The molecule has 4 rings (SSSR count). The standard InChI is InChI=1S/C20H19FN2O2S/c21-17-9-5-4-8-16(17)20-13-25-11-10-15(20)12-26-19(23-20)22-18(24)14-6-2-1-3-7-14/h1-9,15H,10-13H2,(H,22,23,24)/t15-,20-/m0/s1. The summed E-state index contributed by atoms with van der Waals surface area (Å²) in [4.78, 5) is 17.3. The van der Waals surface area contributed by atoms with Crippen LogP contribution in [0.4, 0.5) is 4.39 Å². The van der Waals surface area contributed by atoms with E-state index in [2.05, 4.69) is 5.32 Å². The summed E-state index contributed by atoms with van der Waals surface area (Å²) < 4.78 is 20.3. The zero-order valence-electron chi connectivity index (χ0n) is 14.2. The fourth-order valence-electron chi connectivity index (χ4n) is 3.54. The third-order valence-electron chi connectivity index (χ3n) is 4.93. The number of ether oxygens (including phenoxy) is 1. The lowest BCUT2D eigenvalue weighted by Crippen LogP contribution is -2.49. The average molecular weight is 370 g/mol. The van der Waals surface area contributed by atoms with E-state index >= 15 is 0 Å². The van der Waals surface area contributed by atoms with Crippen molar-refractivity contribution in [2.75, 3.05) is 19.0 Å². The number of nitrogens with zero attached hydrogens (tertiary/aromatic N) is 1. The van der Waals surface area contributed by atoms with E-state index in [9.17, 15) is 9.18 Å². The van der Waals surface area contributed by atoms with Crippen LogP contribution in [-0.2, 0) is 10.3 Å². The predicted octanol–water partition coefficient (Wildman–Crippen LogP) is 3.59. The Bertz CT molecular complexity index is 843. The van der Waals surface area contributed by atoms with E-state index in [4.69, 9.17) is 9.73 Å². The van der Waals surface area contributed by atoms with Crippen LogP contribution < -0.4 is 5.32 Å². The van der Waals surface area contributed by atoms with Gasteiger partial charge in [-0.15, -0.1) is 0 Å². The number of aliphatic imine (C=N–C) groups is 1. The number of rotatable bonds is 2. The van der Waals surface area contributed by atoms with E-state index in [-0.39, 0.29) is 17.6 Å². The minimum absolute atomic E-state index is 0.176. The number of thioether (sulfide) groups is 1. The maximum absolute atomic E-state index is 14.6. The molecule has 2 aromatic rings. The van der Waals surface area contributed by atoms with Gasteiger partial charge in [0.2, 0.25) is 0 Å². The number of hydrogen-bond donors (Lipinski definition) is 1. The van der Waals surface area contributed by atoms with Crippen molar-refractivity contribution in [3.8, 4) is 0 Å². The summed E-state index contributed by atoms with van der Waals surface area (Å²) in [7, 11) is 0. The topological polar surface area (TPSA) is 50.7 Å². The van der Waals surface area contributed by atoms with Crippen molar-refractivity contribution in [1.82, 2.24) is 5.32 Å². The molecule has 2 aliphatic rings. The van der Waals surface area contributed by atoms with Gasteiger partial charge in [-0.2, -0.15) is 0 Å². The number of nitrogens with one attached hydrogen (secondary N) is 1. The summed E-state index contributed by atoms with van der Waals surface area (Å²) in [6.45, 7) is 0.979. The largest absolute Gasteiger partial charge is 0.379 e. The van der Waals surface area contributed by atoms with Gasteiger partial charge in [-0.1, -0.05) is 48.2 Å². The molecule has 2 aromatic carbocycles. The zero-order valence-corrected chi connectivity index (χ0v) is 15.0. The van der Waals surface area contributed by atoms with Gasteiger partial charge in [-0.3, -0.25) is 4.79 Å². The Morgan fingerprint density at radius 2 is 1.96 bits per heavy atom. The van der Waals surface area contributed by atoms with Crippen LogP contribution in [0.3, 0.4) is 0 Å². The second kappa shape index (κ2) is 7.21. The molecule has 0 aliphatic carbocycles. The first-order valence-corrected chi connectivity index (χ1v) is 9.59. The van der Waals surface area contributed by atoms with Gasteiger partial charge in [0.25, 0.3) is 5.91 Å². The molecule has 0 aromatic heterocycles. The summed E-state index contributed by atoms with van der Waals surface area (Å²) in [5.74, 6) is 0.449. The number of carbonyl (C=O) groups is 1. The summed E-state index contributed by atoms with van der Waals surface area (Å²) in [6, 6.07) is 15.7. The number of fused-ring (bicyclic) bond motifs is 1. The first-order valence-electron chi connectivity index (χ1n) is 8.61. The molecule has 134 valence electrons. The third-order valence-corrected chi connectivity index (χ3v) is 5.96. The Labute approximate surface area is 155 Å². The Morgan fingerprint density at radius 3 is 2.77 bits per heavy atom. The molecular formula is C20H19FN2O2S. The van der Waals surface area contributed by atoms with Crippen LogP contribution in [0.1, 0.15) is 22.3 Å². The average Bonchev–Trinajstić information content (AvgIpc) is 2.68. The van der Waals surface area contributed by atoms with E-state index in [1.165, 1.54) is 17.8 Å². The molecule has 1 N–H and O–H groups in total. The van der Waals surface area contributed by atoms with Crippen molar-refractivity contribution in [2.24, 2.45) is 10.9 Å². The molecule has 6 heteroatoms. The highest BCUT2D eigenvalue weighted by atomic mass is 32.2. The Hall–Kier alpha value is -2.18. The van der Waals surface area contributed by atoms with Crippen LogP contribution in [0.2, 0.25) is 0 Å². The van der Waals surface area contributed by atoms with Crippen LogP contribution in [0.15, 0.2) is 59.6 Å². The van der Waals surface area contributed by atoms with Crippen molar-refractivity contribution in [3.05, 3.63) is 71.5 Å². The fraction of sp³-hybridized carbons (Fsp3) is 0.300. The number of amidine groups is 1. The molecule has 1 saturated heterocycles. The third kappa shape index (κ3) is 3.15. The monoisotopic (exact) mass is 370 g/mol. The van der Waals surface area contributed by atoms with Crippen molar-refractivity contribution >= 4 is 22.8 Å². The molecule has 0 radical (unpaired) electrons. The number of carbonyl (C=O) groups excluding carboxylic acids is 1. The van der Waals surface area contributed by atoms with Crippen LogP contribution in [0, 0.1) is 11.7 Å². The zero-order chi connectivity index (χ0) is 18.0. The first-order chi connectivity index (χ1) is 12.7. The molecule has 0 unspecified atom stereocenters. The van der Waals surface area contributed by atoms with Gasteiger partial charge in [0.1, 0.15) is 11.4 Å². The van der Waals surface area contributed by atoms with Gasteiger partial charge < -0.3 is 10.1 Å². The highest BCUT2D eigenvalue weighted by Gasteiger charge is 2.47. The van der Waals surface area contributed by atoms with E-state index in [1.54, 1.807) is 24.3 Å². The molecule has 0 bridgehead atoms. The normalized spacial score (nSPS) is 25.1. The number of amides is 1. The van der Waals surface area contributed by atoms with Gasteiger partial charge in [0.05, 0.1) is 6.61 Å². The molecule has 0 saturated carbocycles. The Kier molecular flexibility index (Phi) is 4.78. The fourth-order valence-corrected chi connectivity index (χ4v) is 4.73. The molecule has 4 nitrogen and oxygen atoms in total. The molecule has 2 aliphatic heterocycles. The number of hydrogen-bond acceptors (Lipinski definition) is 4. The van der Waals surface area contributed by atoms with Crippen LogP contribution >= 0.6 is 11.8 Å². The van der Waals surface area contributed by atoms with Gasteiger partial charge in [-0.25, -0.2) is 9.38 Å². The van der Waals surface area contributed by atoms with Crippen LogP contribution in [0.25, 0.3) is 0 Å². The molecule has 1 amide bonds. The van der Waals surface area contributed by atoms with Gasteiger partial charge in [-0.05, 0) is 24.6 Å². The first kappa shape index (κ1) is 17.2. The van der Waals surface area contributed by atoms with Gasteiger partial charge in [0.15, 0.2) is 5.17 Å². The summed E-state index contributed by atoms with van der Waals surface area (Å²) in [6.07, 6.45) is 0.824. The van der Waals surface area contributed by atoms with Crippen molar-refractivity contribution < 1.29 is 13.9 Å². The highest BCUT2D eigenvalue weighted by molar-refractivity contribution is 8.13. The summed E-state index contributed by atoms with van der Waals surface area (Å²) in [5.41, 5.74) is 0.322. The lowest BCUT2D eigenvalue weighted by atomic mass is 9.76. The highest BCUT2D eigenvalue weighted by Crippen LogP contribution is 2.45. The predicted molar refractivity (Wildman–Crippen MR) is 101 cm³/mol. The van der Waals surface area contributed by atoms with Crippen LogP contribution in [0.5, 0.6) is 0 Å². The Balaban J connectivity index is 1.69. The van der Waals surface area contributed by atoms with E-state index in [1.807, 2.05) is 24.3 Å². The second-order valence-corrected chi connectivity index (χ2v) is 7.50. The van der Waals surface area contributed by atoms with Crippen molar-refractivity contribution in [1.29, 1.82) is 0 Å². The van der Waals surface area contributed by atoms with E-state index < -0.39 is 5.54 Å². The number of halogens is 1. The minimum atomic E-state index is -0.784. The summed E-state index contributed by atoms with van der Waals surface area (Å²) >= 11 is 1.51. The lowest BCUT2D eigenvalue weighted by molar-refractivity contribution is 0.00290. The van der Waals surface area contributed by atoms with Crippen molar-refractivity contribution in [3.63, 3.8) is 0 Å². The molecule has 26 heavy (non-hydrogen) atoms. The van der Waals surface area contributed by atoms with Gasteiger partial charge >= 0.3 is 0 Å². The number of benzene rings is 2. The second-order valence-electron chi connectivity index (χ2n) is 6.49. The van der Waals surface area contributed by atoms with Gasteiger partial charge in [0, 0.05) is 29.4 Å². The Morgan fingerprint density at radius 1 is 1.19 bits per heavy atom. The SMILES string of the molecule is O=C(NC1=N[C@@]2(c3ccccc3F)COCC[C@H]2CS1)c1ccccc1. The van der Waals surface area contributed by atoms with Crippen LogP contribution in [-0.4, -0.2) is 30.0 Å². The maximum Gasteiger partial charge on any atom is 0.257 e. The quantitative estimate of drug-likeness (QED) is 0.879. The lowest BCUT2D eigenvalue weighted by Gasteiger charge is -2.44. The molecule has 0 spiro atoms. The molecule has 1 fully saturated rings. The van der Waals surface area contributed by atoms with E-state index in [0.29, 0.717) is 29.5 Å². The van der Waals surface area contributed by atoms with E-state index in [0.717, 1.165) is 12.2 Å². The summed E-state index contributed by atoms with van der Waals surface area (Å²) in [5, 5.41) is 3.40.